The summed E-state index contributed by atoms with van der Waals surface area (Å²) in [6.07, 6.45) is 0. The normalized spacial score (nSPS) is 11.9. The molecule has 3 aromatic carbocycles. The minimum absolute atomic E-state index is 0.135. The van der Waals surface area contributed by atoms with E-state index < -0.39 is 29.7 Å². The first-order chi connectivity index (χ1) is 14.5. The Morgan fingerprint density at radius 1 is 0.867 bits per heavy atom. The number of carbonyl (C=O) groups excluding carboxylic acids is 3. The van der Waals surface area contributed by atoms with Crippen molar-refractivity contribution in [2.45, 2.75) is 13.0 Å². The summed E-state index contributed by atoms with van der Waals surface area (Å²) in [5.74, 6) is -2.08. The van der Waals surface area contributed by atoms with E-state index in [0.717, 1.165) is 22.3 Å². The molecule has 3 amide bonds. The number of esters is 1. The van der Waals surface area contributed by atoms with E-state index in [0.29, 0.717) is 0 Å². The van der Waals surface area contributed by atoms with Crippen LogP contribution in [0.3, 0.4) is 0 Å². The summed E-state index contributed by atoms with van der Waals surface area (Å²) in [4.78, 5) is 36.5. The van der Waals surface area contributed by atoms with Crippen LogP contribution in [0.1, 0.15) is 34.5 Å². The molecule has 30 heavy (non-hydrogen) atoms. The van der Waals surface area contributed by atoms with Crippen LogP contribution in [0.5, 0.6) is 11.5 Å². The molecule has 0 fully saturated rings. The molecule has 0 bridgehead atoms. The standard InChI is InChI=1S/C23H18N2O5/c1-13(26)30-19-12-6-11-18(27)20(19)22(28)25-23(29)24-21-16-9-4-2-7-14(16)15-8-3-5-10-17(15)21/h2-12,21,27H,1H3,(H2,24,25,28,29). The second kappa shape index (κ2) is 7.71. The van der Waals surface area contributed by atoms with E-state index in [9.17, 15) is 19.5 Å². The van der Waals surface area contributed by atoms with Crippen molar-refractivity contribution in [1.82, 2.24) is 10.6 Å². The van der Waals surface area contributed by atoms with E-state index in [1.54, 1.807) is 0 Å². The van der Waals surface area contributed by atoms with Gasteiger partial charge in [0.25, 0.3) is 5.91 Å². The Morgan fingerprint density at radius 2 is 1.47 bits per heavy atom. The van der Waals surface area contributed by atoms with Crippen LogP contribution in [-0.4, -0.2) is 23.0 Å². The van der Waals surface area contributed by atoms with E-state index in [1.165, 1.54) is 25.1 Å². The van der Waals surface area contributed by atoms with E-state index in [1.807, 2.05) is 48.5 Å². The first kappa shape index (κ1) is 19.2. The largest absolute Gasteiger partial charge is 0.507 e. The van der Waals surface area contributed by atoms with Gasteiger partial charge in [0.05, 0.1) is 6.04 Å². The van der Waals surface area contributed by atoms with Gasteiger partial charge in [-0.2, -0.15) is 0 Å². The van der Waals surface area contributed by atoms with Gasteiger partial charge in [0, 0.05) is 6.92 Å². The number of rotatable bonds is 3. The summed E-state index contributed by atoms with van der Waals surface area (Å²) in [6, 6.07) is 18.3. The molecule has 3 aromatic rings. The molecule has 0 radical (unpaired) electrons. The molecule has 0 saturated carbocycles. The first-order valence-electron chi connectivity index (χ1n) is 9.26. The van der Waals surface area contributed by atoms with Crippen LogP contribution < -0.4 is 15.4 Å². The quantitative estimate of drug-likeness (QED) is 0.459. The number of hydrogen-bond donors (Lipinski definition) is 3. The molecule has 0 saturated heterocycles. The number of urea groups is 1. The summed E-state index contributed by atoms with van der Waals surface area (Å²) in [7, 11) is 0. The Morgan fingerprint density at radius 3 is 2.07 bits per heavy atom. The number of fused-ring (bicyclic) bond motifs is 3. The zero-order chi connectivity index (χ0) is 21.3. The van der Waals surface area contributed by atoms with E-state index in [4.69, 9.17) is 4.74 Å². The number of amides is 3. The minimum Gasteiger partial charge on any atom is -0.507 e. The highest BCUT2D eigenvalue weighted by Crippen LogP contribution is 2.42. The van der Waals surface area contributed by atoms with Crippen molar-refractivity contribution in [2.24, 2.45) is 0 Å². The van der Waals surface area contributed by atoms with Crippen molar-refractivity contribution in [3.63, 3.8) is 0 Å². The maximum atomic E-state index is 12.6. The number of hydrogen-bond acceptors (Lipinski definition) is 5. The summed E-state index contributed by atoms with van der Waals surface area (Å²) in [6.45, 7) is 1.17. The van der Waals surface area contributed by atoms with Crippen LogP contribution in [0, 0.1) is 0 Å². The molecule has 1 aliphatic rings. The van der Waals surface area contributed by atoms with Gasteiger partial charge in [0.15, 0.2) is 0 Å². The molecule has 0 aromatic heterocycles. The maximum absolute atomic E-state index is 12.6. The molecule has 0 unspecified atom stereocenters. The molecule has 0 atom stereocenters. The molecule has 0 spiro atoms. The zero-order valence-corrected chi connectivity index (χ0v) is 16.0. The smallest absolute Gasteiger partial charge is 0.322 e. The number of phenolic OH excluding ortho intramolecular Hbond substituents is 1. The van der Waals surface area contributed by atoms with Crippen LogP contribution in [0.2, 0.25) is 0 Å². The fourth-order valence-electron chi connectivity index (χ4n) is 3.63. The van der Waals surface area contributed by atoms with E-state index in [-0.39, 0.29) is 11.3 Å². The average Bonchev–Trinajstić information content (AvgIpc) is 3.01. The van der Waals surface area contributed by atoms with Crippen molar-refractivity contribution in [3.05, 3.63) is 83.4 Å². The Labute approximate surface area is 172 Å². The number of ether oxygens (including phenoxy) is 1. The Kier molecular flexibility index (Phi) is 4.93. The van der Waals surface area contributed by atoms with Gasteiger partial charge in [-0.25, -0.2) is 4.79 Å². The Bertz CT molecular complexity index is 1130. The lowest BCUT2D eigenvalue weighted by molar-refractivity contribution is -0.131. The van der Waals surface area contributed by atoms with Gasteiger partial charge >= 0.3 is 12.0 Å². The summed E-state index contributed by atoms with van der Waals surface area (Å²) in [5, 5.41) is 15.1. The molecule has 4 rings (SSSR count). The second-order valence-electron chi connectivity index (χ2n) is 6.78. The van der Waals surface area contributed by atoms with Crippen LogP contribution in [0.25, 0.3) is 11.1 Å². The summed E-state index contributed by atoms with van der Waals surface area (Å²) in [5.41, 5.74) is 3.58. The summed E-state index contributed by atoms with van der Waals surface area (Å²) < 4.78 is 4.96. The lowest BCUT2D eigenvalue weighted by Crippen LogP contribution is -2.41. The minimum atomic E-state index is -0.888. The highest BCUT2D eigenvalue weighted by Gasteiger charge is 2.30. The van der Waals surface area contributed by atoms with Crippen LogP contribution in [0.4, 0.5) is 4.79 Å². The monoisotopic (exact) mass is 402 g/mol. The third-order valence-corrected chi connectivity index (χ3v) is 4.82. The second-order valence-corrected chi connectivity index (χ2v) is 6.78. The van der Waals surface area contributed by atoms with Gasteiger partial charge in [0.1, 0.15) is 17.1 Å². The first-order valence-corrected chi connectivity index (χ1v) is 9.26. The van der Waals surface area contributed by atoms with Crippen LogP contribution >= 0.6 is 0 Å². The predicted octanol–water partition coefficient (Wildman–Crippen LogP) is 3.53. The predicted molar refractivity (Wildman–Crippen MR) is 109 cm³/mol. The van der Waals surface area contributed by atoms with Crippen LogP contribution in [-0.2, 0) is 4.79 Å². The number of nitrogens with one attached hydrogen (secondary N) is 2. The molecule has 150 valence electrons. The van der Waals surface area contributed by atoms with E-state index >= 15 is 0 Å². The van der Waals surface area contributed by atoms with Crippen molar-refractivity contribution in [3.8, 4) is 22.6 Å². The van der Waals surface area contributed by atoms with Gasteiger partial charge in [-0.3, -0.25) is 14.9 Å². The fourth-order valence-corrected chi connectivity index (χ4v) is 3.63. The van der Waals surface area contributed by atoms with Crippen molar-refractivity contribution < 1.29 is 24.2 Å². The highest BCUT2D eigenvalue weighted by molar-refractivity contribution is 6.08. The lowest BCUT2D eigenvalue weighted by Gasteiger charge is -2.17. The zero-order valence-electron chi connectivity index (χ0n) is 16.0. The number of carbonyl (C=O) groups is 3. The SMILES string of the molecule is CC(=O)Oc1cccc(O)c1C(=O)NC(=O)NC1c2ccccc2-c2ccccc21. The van der Waals surface area contributed by atoms with Gasteiger partial charge in [0.2, 0.25) is 0 Å². The molecule has 7 heteroatoms. The molecular formula is C23H18N2O5. The number of phenols is 1. The Balaban J connectivity index is 1.57. The van der Waals surface area contributed by atoms with Crippen molar-refractivity contribution in [2.75, 3.05) is 0 Å². The lowest BCUT2D eigenvalue weighted by atomic mass is 10.1. The van der Waals surface area contributed by atoms with Crippen molar-refractivity contribution >= 4 is 17.9 Å². The molecule has 1 aliphatic carbocycles. The molecule has 0 aliphatic heterocycles. The molecule has 0 heterocycles. The van der Waals surface area contributed by atoms with Gasteiger partial charge in [-0.15, -0.1) is 0 Å². The van der Waals surface area contributed by atoms with Gasteiger partial charge in [-0.1, -0.05) is 54.6 Å². The molecule has 3 N–H and O–H groups in total. The van der Waals surface area contributed by atoms with E-state index in [2.05, 4.69) is 10.6 Å². The summed E-state index contributed by atoms with van der Waals surface area (Å²) >= 11 is 0. The van der Waals surface area contributed by atoms with Gasteiger partial charge in [-0.05, 0) is 34.4 Å². The molecular weight excluding hydrogens is 384 g/mol. The number of aromatic hydroxyl groups is 1. The van der Waals surface area contributed by atoms with Crippen LogP contribution in [0.15, 0.2) is 66.7 Å². The van der Waals surface area contributed by atoms with Crippen molar-refractivity contribution in [1.29, 1.82) is 0 Å². The number of benzene rings is 3. The third-order valence-electron chi connectivity index (χ3n) is 4.82. The molecule has 7 nitrogen and oxygen atoms in total. The fraction of sp³-hybridized carbons (Fsp3) is 0.0870. The maximum Gasteiger partial charge on any atom is 0.322 e. The Hall–Kier alpha value is -4.13. The third kappa shape index (κ3) is 3.48. The van der Waals surface area contributed by atoms with Gasteiger partial charge < -0.3 is 15.2 Å². The average molecular weight is 402 g/mol. The highest BCUT2D eigenvalue weighted by atomic mass is 16.5. The topological polar surface area (TPSA) is 105 Å². The number of imide groups is 1.